The van der Waals surface area contributed by atoms with E-state index in [9.17, 15) is 0 Å². The Morgan fingerprint density at radius 2 is 1.88 bits per heavy atom. The van der Waals surface area contributed by atoms with Crippen molar-refractivity contribution in [1.82, 2.24) is 9.97 Å². The highest BCUT2D eigenvalue weighted by atomic mass is 14.9. The first-order valence-electron chi connectivity index (χ1n) is 5.84. The second kappa shape index (κ2) is 4.34. The highest BCUT2D eigenvalue weighted by Crippen LogP contribution is 2.18. The molecule has 1 aromatic heterocycles. The standard InChI is InChI=1S/C14H19N3/c1-10-4-6-11(7-5-10)12-9-16-13(17-12)8-14(2,3)15/h4-7,9H,8,15H2,1-3H3,(H,16,17). The fraction of sp³-hybridized carbons (Fsp3) is 0.357. The molecule has 0 amide bonds. The zero-order valence-corrected chi connectivity index (χ0v) is 10.6. The van der Waals surface area contributed by atoms with Crippen molar-refractivity contribution in [3.8, 4) is 11.3 Å². The van der Waals surface area contributed by atoms with Crippen molar-refractivity contribution in [1.29, 1.82) is 0 Å². The number of aromatic nitrogens is 2. The fourth-order valence-electron chi connectivity index (χ4n) is 1.76. The van der Waals surface area contributed by atoms with E-state index in [1.54, 1.807) is 0 Å². The van der Waals surface area contributed by atoms with Gasteiger partial charge in [0.1, 0.15) is 5.82 Å². The van der Waals surface area contributed by atoms with E-state index in [-0.39, 0.29) is 5.54 Å². The summed E-state index contributed by atoms with van der Waals surface area (Å²) in [5, 5.41) is 0. The SMILES string of the molecule is Cc1ccc(-c2cnc(CC(C)(C)N)[nH]2)cc1. The molecule has 2 rings (SSSR count). The molecule has 0 unspecified atom stereocenters. The Bertz CT molecular complexity index is 489. The number of nitrogens with one attached hydrogen (secondary N) is 1. The Morgan fingerprint density at radius 3 is 2.47 bits per heavy atom. The first-order chi connectivity index (χ1) is 7.94. The van der Waals surface area contributed by atoms with Crippen molar-refractivity contribution in [3.63, 3.8) is 0 Å². The molecule has 2 aromatic rings. The van der Waals surface area contributed by atoms with Gasteiger partial charge in [-0.3, -0.25) is 0 Å². The van der Waals surface area contributed by atoms with Crippen LogP contribution < -0.4 is 5.73 Å². The minimum Gasteiger partial charge on any atom is -0.342 e. The van der Waals surface area contributed by atoms with Crippen LogP contribution in [0.3, 0.4) is 0 Å². The van der Waals surface area contributed by atoms with E-state index in [1.165, 1.54) is 5.56 Å². The van der Waals surface area contributed by atoms with E-state index >= 15 is 0 Å². The monoisotopic (exact) mass is 229 g/mol. The number of hydrogen-bond donors (Lipinski definition) is 2. The lowest BCUT2D eigenvalue weighted by atomic mass is 10.0. The van der Waals surface area contributed by atoms with Crippen LogP contribution in [0.1, 0.15) is 25.2 Å². The van der Waals surface area contributed by atoms with Crippen LogP contribution in [0.15, 0.2) is 30.5 Å². The van der Waals surface area contributed by atoms with Gasteiger partial charge in [0, 0.05) is 12.0 Å². The first-order valence-corrected chi connectivity index (χ1v) is 5.84. The lowest BCUT2D eigenvalue weighted by Gasteiger charge is -2.15. The number of H-pyrrole nitrogens is 1. The number of aromatic amines is 1. The number of hydrogen-bond acceptors (Lipinski definition) is 2. The summed E-state index contributed by atoms with van der Waals surface area (Å²) < 4.78 is 0. The van der Waals surface area contributed by atoms with Crippen molar-refractivity contribution < 1.29 is 0 Å². The van der Waals surface area contributed by atoms with Gasteiger partial charge < -0.3 is 10.7 Å². The van der Waals surface area contributed by atoms with Crippen LogP contribution in [-0.2, 0) is 6.42 Å². The third-order valence-corrected chi connectivity index (χ3v) is 2.61. The van der Waals surface area contributed by atoms with Crippen molar-refractivity contribution in [2.24, 2.45) is 5.73 Å². The van der Waals surface area contributed by atoms with E-state index in [0.29, 0.717) is 0 Å². The second-order valence-corrected chi connectivity index (χ2v) is 5.27. The molecule has 0 saturated heterocycles. The summed E-state index contributed by atoms with van der Waals surface area (Å²) in [7, 11) is 0. The molecule has 0 fully saturated rings. The Labute approximate surface area is 102 Å². The maximum absolute atomic E-state index is 5.98. The molecule has 1 heterocycles. The maximum atomic E-state index is 5.98. The Morgan fingerprint density at radius 1 is 1.24 bits per heavy atom. The number of imidazole rings is 1. The van der Waals surface area contributed by atoms with Gasteiger partial charge in [-0.15, -0.1) is 0 Å². The first kappa shape index (κ1) is 11.9. The van der Waals surface area contributed by atoms with E-state index < -0.39 is 0 Å². The summed E-state index contributed by atoms with van der Waals surface area (Å²) in [6, 6.07) is 8.39. The predicted molar refractivity (Wildman–Crippen MR) is 70.7 cm³/mol. The van der Waals surface area contributed by atoms with Gasteiger partial charge in [-0.1, -0.05) is 29.8 Å². The summed E-state index contributed by atoms with van der Waals surface area (Å²) in [6.45, 7) is 6.08. The molecular weight excluding hydrogens is 210 g/mol. The molecule has 3 nitrogen and oxygen atoms in total. The van der Waals surface area contributed by atoms with E-state index in [0.717, 1.165) is 23.5 Å². The molecule has 0 aliphatic rings. The molecule has 0 radical (unpaired) electrons. The zero-order valence-electron chi connectivity index (χ0n) is 10.6. The summed E-state index contributed by atoms with van der Waals surface area (Å²) in [4.78, 5) is 7.68. The molecular formula is C14H19N3. The average Bonchev–Trinajstić information content (AvgIpc) is 2.64. The van der Waals surface area contributed by atoms with E-state index in [4.69, 9.17) is 5.73 Å². The second-order valence-electron chi connectivity index (χ2n) is 5.27. The fourth-order valence-corrected chi connectivity index (χ4v) is 1.76. The summed E-state index contributed by atoms with van der Waals surface area (Å²) >= 11 is 0. The van der Waals surface area contributed by atoms with Gasteiger partial charge >= 0.3 is 0 Å². The van der Waals surface area contributed by atoms with Crippen LogP contribution in [0.5, 0.6) is 0 Å². The molecule has 0 bridgehead atoms. The van der Waals surface area contributed by atoms with Gasteiger partial charge in [0.15, 0.2) is 0 Å². The van der Waals surface area contributed by atoms with Crippen LogP contribution in [0.4, 0.5) is 0 Å². The number of nitrogens with zero attached hydrogens (tertiary/aromatic N) is 1. The number of aryl methyl sites for hydroxylation is 1. The summed E-state index contributed by atoms with van der Waals surface area (Å²) in [5.41, 5.74) is 9.20. The van der Waals surface area contributed by atoms with Gasteiger partial charge in [0.25, 0.3) is 0 Å². The quantitative estimate of drug-likeness (QED) is 0.850. The Kier molecular flexibility index (Phi) is 3.03. The molecule has 0 aliphatic carbocycles. The number of nitrogens with two attached hydrogens (primary N) is 1. The summed E-state index contributed by atoms with van der Waals surface area (Å²) in [6.07, 6.45) is 2.62. The van der Waals surface area contributed by atoms with Crippen molar-refractivity contribution in [2.45, 2.75) is 32.7 Å². The molecule has 0 atom stereocenters. The normalized spacial score (nSPS) is 11.8. The lowest BCUT2D eigenvalue weighted by molar-refractivity contribution is 0.505. The van der Waals surface area contributed by atoms with E-state index in [1.807, 2.05) is 20.0 Å². The molecule has 1 aromatic carbocycles. The van der Waals surface area contributed by atoms with Crippen LogP contribution in [-0.4, -0.2) is 15.5 Å². The molecule has 0 saturated carbocycles. The average molecular weight is 229 g/mol. The van der Waals surface area contributed by atoms with Gasteiger partial charge in [0.2, 0.25) is 0 Å². The molecule has 3 N–H and O–H groups in total. The molecule has 17 heavy (non-hydrogen) atoms. The number of benzene rings is 1. The van der Waals surface area contributed by atoms with Gasteiger partial charge in [0.05, 0.1) is 11.9 Å². The third kappa shape index (κ3) is 3.17. The van der Waals surface area contributed by atoms with Crippen LogP contribution in [0, 0.1) is 6.92 Å². The molecule has 0 aliphatic heterocycles. The highest BCUT2D eigenvalue weighted by molar-refractivity contribution is 5.58. The van der Waals surface area contributed by atoms with Crippen LogP contribution in [0.25, 0.3) is 11.3 Å². The lowest BCUT2D eigenvalue weighted by Crippen LogP contribution is -2.34. The molecule has 3 heteroatoms. The van der Waals surface area contributed by atoms with Crippen LogP contribution in [0.2, 0.25) is 0 Å². The van der Waals surface area contributed by atoms with Gasteiger partial charge in [-0.05, 0) is 26.3 Å². The zero-order chi connectivity index (χ0) is 12.5. The van der Waals surface area contributed by atoms with Crippen molar-refractivity contribution in [2.75, 3.05) is 0 Å². The minimum atomic E-state index is -0.234. The topological polar surface area (TPSA) is 54.7 Å². The predicted octanol–water partition coefficient (Wildman–Crippen LogP) is 2.66. The molecule has 0 spiro atoms. The number of rotatable bonds is 3. The van der Waals surface area contributed by atoms with Crippen molar-refractivity contribution >= 4 is 0 Å². The smallest absolute Gasteiger partial charge is 0.108 e. The summed E-state index contributed by atoms with van der Waals surface area (Å²) in [5.74, 6) is 0.938. The third-order valence-electron chi connectivity index (χ3n) is 2.61. The Balaban J connectivity index is 2.21. The minimum absolute atomic E-state index is 0.234. The van der Waals surface area contributed by atoms with Crippen molar-refractivity contribution in [3.05, 3.63) is 41.9 Å². The van der Waals surface area contributed by atoms with Gasteiger partial charge in [-0.2, -0.15) is 0 Å². The Hall–Kier alpha value is -1.61. The van der Waals surface area contributed by atoms with Crippen LogP contribution >= 0.6 is 0 Å². The highest BCUT2D eigenvalue weighted by Gasteiger charge is 2.14. The molecule has 90 valence electrons. The maximum Gasteiger partial charge on any atom is 0.108 e. The van der Waals surface area contributed by atoms with E-state index in [2.05, 4.69) is 41.2 Å². The van der Waals surface area contributed by atoms with Gasteiger partial charge in [-0.25, -0.2) is 4.98 Å². The largest absolute Gasteiger partial charge is 0.342 e.